The Morgan fingerprint density at radius 2 is 1.94 bits per heavy atom. The van der Waals surface area contributed by atoms with Crippen molar-refractivity contribution < 1.29 is 4.79 Å². The lowest BCUT2D eigenvalue weighted by Gasteiger charge is -2.36. The van der Waals surface area contributed by atoms with Crippen LogP contribution in [0.25, 0.3) is 0 Å². The molecule has 1 amide bonds. The molecule has 0 radical (unpaired) electrons. The van der Waals surface area contributed by atoms with Crippen molar-refractivity contribution in [3.8, 4) is 0 Å². The van der Waals surface area contributed by atoms with Crippen LogP contribution in [0.4, 0.5) is 0 Å². The summed E-state index contributed by atoms with van der Waals surface area (Å²) >= 11 is 0. The van der Waals surface area contributed by atoms with Crippen LogP contribution in [0.1, 0.15) is 26.2 Å². The molecule has 0 aliphatic carbocycles. The van der Waals surface area contributed by atoms with E-state index in [9.17, 15) is 4.79 Å². The van der Waals surface area contributed by atoms with Gasteiger partial charge in [-0.2, -0.15) is 0 Å². The van der Waals surface area contributed by atoms with Gasteiger partial charge in [0.15, 0.2) is 0 Å². The molecular weight excluding hydrogens is 214 g/mol. The molecule has 1 atom stereocenters. The van der Waals surface area contributed by atoms with Crippen LogP contribution in [0.15, 0.2) is 0 Å². The van der Waals surface area contributed by atoms with Crippen molar-refractivity contribution in [2.24, 2.45) is 5.92 Å². The second-order valence-electron chi connectivity index (χ2n) is 5.44. The number of piperidine rings is 1. The van der Waals surface area contributed by atoms with Gasteiger partial charge in [0.1, 0.15) is 0 Å². The molecule has 0 aromatic carbocycles. The highest BCUT2D eigenvalue weighted by molar-refractivity contribution is 5.73. The largest absolute Gasteiger partial charge is 0.343 e. The Labute approximate surface area is 104 Å². The van der Waals surface area contributed by atoms with Crippen molar-refractivity contribution >= 4 is 5.91 Å². The summed E-state index contributed by atoms with van der Waals surface area (Å²) in [6, 6.07) is 0.715. The topological polar surface area (TPSA) is 35.6 Å². The summed E-state index contributed by atoms with van der Waals surface area (Å²) in [6.07, 6.45) is 3.64. The van der Waals surface area contributed by atoms with Gasteiger partial charge in [-0.25, -0.2) is 0 Å². The lowest BCUT2D eigenvalue weighted by molar-refractivity contribution is -0.130. The molecule has 2 fully saturated rings. The lowest BCUT2D eigenvalue weighted by atomic mass is 10.0. The SMILES string of the molecule is CNCC1CCN(C2CCN(C(C)=O)CC2)C1. The first-order chi connectivity index (χ1) is 8.20. The zero-order valence-electron chi connectivity index (χ0n) is 11.1. The standard InChI is InChI=1S/C13H25N3O/c1-11(17)15-7-4-13(5-8-15)16-6-3-12(10-16)9-14-2/h12-14H,3-10H2,1-2H3. The molecule has 1 N–H and O–H groups in total. The molecule has 98 valence electrons. The van der Waals surface area contributed by atoms with E-state index < -0.39 is 0 Å². The van der Waals surface area contributed by atoms with Gasteiger partial charge in [-0.1, -0.05) is 0 Å². The molecule has 2 saturated heterocycles. The molecule has 1 unspecified atom stereocenters. The fourth-order valence-electron chi connectivity index (χ4n) is 3.20. The van der Waals surface area contributed by atoms with Crippen LogP contribution < -0.4 is 5.32 Å². The van der Waals surface area contributed by atoms with Crippen LogP contribution in [0.2, 0.25) is 0 Å². The summed E-state index contributed by atoms with van der Waals surface area (Å²) < 4.78 is 0. The van der Waals surface area contributed by atoms with Gasteiger partial charge in [0.2, 0.25) is 5.91 Å². The second kappa shape index (κ2) is 5.83. The summed E-state index contributed by atoms with van der Waals surface area (Å²) in [4.78, 5) is 15.9. The van der Waals surface area contributed by atoms with Crippen molar-refractivity contribution in [2.45, 2.75) is 32.2 Å². The minimum atomic E-state index is 0.234. The van der Waals surface area contributed by atoms with Gasteiger partial charge in [-0.15, -0.1) is 0 Å². The first-order valence-corrected chi connectivity index (χ1v) is 6.85. The van der Waals surface area contributed by atoms with Crippen LogP contribution in [0.3, 0.4) is 0 Å². The Bertz CT molecular complexity index is 261. The molecule has 2 aliphatic heterocycles. The van der Waals surface area contributed by atoms with Gasteiger partial charge >= 0.3 is 0 Å². The maximum atomic E-state index is 11.3. The number of nitrogens with one attached hydrogen (secondary N) is 1. The third-order valence-corrected chi connectivity index (χ3v) is 4.24. The summed E-state index contributed by atoms with van der Waals surface area (Å²) in [5.74, 6) is 1.06. The third-order valence-electron chi connectivity index (χ3n) is 4.24. The van der Waals surface area contributed by atoms with E-state index in [4.69, 9.17) is 0 Å². The Balaban J connectivity index is 1.76. The van der Waals surface area contributed by atoms with Crippen LogP contribution in [-0.4, -0.2) is 61.5 Å². The van der Waals surface area contributed by atoms with E-state index in [0.29, 0.717) is 6.04 Å². The van der Waals surface area contributed by atoms with E-state index in [1.807, 2.05) is 11.9 Å². The zero-order valence-corrected chi connectivity index (χ0v) is 11.1. The number of rotatable bonds is 3. The average Bonchev–Trinajstić information content (AvgIpc) is 2.78. The molecule has 4 heteroatoms. The van der Waals surface area contributed by atoms with Crippen LogP contribution >= 0.6 is 0 Å². The monoisotopic (exact) mass is 239 g/mol. The van der Waals surface area contributed by atoms with Crippen molar-refractivity contribution in [1.82, 2.24) is 15.1 Å². The van der Waals surface area contributed by atoms with Gasteiger partial charge in [-0.3, -0.25) is 9.69 Å². The minimum Gasteiger partial charge on any atom is -0.343 e. The molecule has 17 heavy (non-hydrogen) atoms. The van der Waals surface area contributed by atoms with Gasteiger partial charge in [-0.05, 0) is 45.3 Å². The first kappa shape index (κ1) is 12.8. The Hall–Kier alpha value is -0.610. The van der Waals surface area contributed by atoms with Gasteiger partial charge in [0.05, 0.1) is 0 Å². The van der Waals surface area contributed by atoms with Gasteiger partial charge < -0.3 is 10.2 Å². The van der Waals surface area contributed by atoms with E-state index in [1.165, 1.54) is 19.5 Å². The molecule has 0 spiro atoms. The maximum absolute atomic E-state index is 11.3. The number of likely N-dealkylation sites (tertiary alicyclic amines) is 2. The molecule has 2 rings (SSSR count). The van der Waals surface area contributed by atoms with Crippen molar-refractivity contribution in [2.75, 3.05) is 39.8 Å². The van der Waals surface area contributed by atoms with Crippen LogP contribution in [0.5, 0.6) is 0 Å². The molecular formula is C13H25N3O. The van der Waals surface area contributed by atoms with Crippen molar-refractivity contribution in [3.63, 3.8) is 0 Å². The summed E-state index contributed by atoms with van der Waals surface area (Å²) in [5.41, 5.74) is 0. The minimum absolute atomic E-state index is 0.234. The van der Waals surface area contributed by atoms with Crippen molar-refractivity contribution in [1.29, 1.82) is 0 Å². The highest BCUT2D eigenvalue weighted by atomic mass is 16.2. The first-order valence-electron chi connectivity index (χ1n) is 6.85. The molecule has 2 aliphatic rings. The quantitative estimate of drug-likeness (QED) is 0.781. The Kier molecular flexibility index (Phi) is 4.40. The molecule has 4 nitrogen and oxygen atoms in total. The predicted octanol–water partition coefficient (Wildman–Crippen LogP) is 0.539. The average molecular weight is 239 g/mol. The molecule has 0 bridgehead atoms. The summed E-state index contributed by atoms with van der Waals surface area (Å²) in [6.45, 7) is 7.21. The van der Waals surface area contributed by atoms with Crippen LogP contribution in [0, 0.1) is 5.92 Å². The predicted molar refractivity (Wildman–Crippen MR) is 68.9 cm³/mol. The molecule has 0 aromatic rings. The van der Waals surface area contributed by atoms with Crippen molar-refractivity contribution in [3.05, 3.63) is 0 Å². The smallest absolute Gasteiger partial charge is 0.219 e. The number of carbonyl (C=O) groups excluding carboxylic acids is 1. The number of amides is 1. The highest BCUT2D eigenvalue weighted by Crippen LogP contribution is 2.24. The number of hydrogen-bond donors (Lipinski definition) is 1. The molecule has 0 aromatic heterocycles. The van der Waals surface area contributed by atoms with Crippen LogP contribution in [-0.2, 0) is 4.79 Å². The molecule has 2 heterocycles. The zero-order chi connectivity index (χ0) is 12.3. The summed E-state index contributed by atoms with van der Waals surface area (Å²) in [5, 5.41) is 3.28. The third kappa shape index (κ3) is 3.19. The second-order valence-corrected chi connectivity index (χ2v) is 5.44. The Morgan fingerprint density at radius 1 is 1.24 bits per heavy atom. The molecule has 0 saturated carbocycles. The van der Waals surface area contributed by atoms with E-state index in [1.54, 1.807) is 6.92 Å². The van der Waals surface area contributed by atoms with E-state index in [0.717, 1.165) is 38.4 Å². The number of hydrogen-bond acceptors (Lipinski definition) is 3. The summed E-state index contributed by atoms with van der Waals surface area (Å²) in [7, 11) is 2.04. The number of carbonyl (C=O) groups is 1. The number of nitrogens with zero attached hydrogens (tertiary/aromatic N) is 2. The fraction of sp³-hybridized carbons (Fsp3) is 0.923. The lowest BCUT2D eigenvalue weighted by Crippen LogP contribution is -2.45. The van der Waals surface area contributed by atoms with E-state index in [-0.39, 0.29) is 5.91 Å². The normalized spacial score (nSPS) is 27.6. The van der Waals surface area contributed by atoms with E-state index in [2.05, 4.69) is 10.2 Å². The van der Waals surface area contributed by atoms with Gasteiger partial charge in [0, 0.05) is 32.6 Å². The maximum Gasteiger partial charge on any atom is 0.219 e. The fourth-order valence-corrected chi connectivity index (χ4v) is 3.20. The highest BCUT2D eigenvalue weighted by Gasteiger charge is 2.30. The van der Waals surface area contributed by atoms with E-state index >= 15 is 0 Å². The Morgan fingerprint density at radius 3 is 2.53 bits per heavy atom. The van der Waals surface area contributed by atoms with Gasteiger partial charge in [0.25, 0.3) is 0 Å².